The highest BCUT2D eigenvalue weighted by molar-refractivity contribution is 5.84. The van der Waals surface area contributed by atoms with Crippen LogP contribution in [0.3, 0.4) is 0 Å². The summed E-state index contributed by atoms with van der Waals surface area (Å²) in [7, 11) is 0. The summed E-state index contributed by atoms with van der Waals surface area (Å²) in [5.41, 5.74) is 0. The van der Waals surface area contributed by atoms with Crippen molar-refractivity contribution in [3.63, 3.8) is 0 Å². The number of carboxylic acids is 3. The lowest BCUT2D eigenvalue weighted by molar-refractivity contribution is -0.240. The Morgan fingerprint density at radius 2 is 1.45 bits per heavy atom. The largest absolute Gasteiger partial charge is 0.481 e. The Balaban J connectivity index is 5.39. The molecule has 0 spiro atoms. The SMILES string of the molecule is CCN(C(CC(=O)O)C(=O)O)C(CC(=O)O)C(=O)OO. The first-order valence-corrected chi connectivity index (χ1v) is 5.51. The Labute approximate surface area is 113 Å². The Kier molecular flexibility index (Phi) is 7.18. The number of hydrogen-bond donors (Lipinski definition) is 4. The van der Waals surface area contributed by atoms with E-state index < -0.39 is 48.8 Å². The quantitative estimate of drug-likeness (QED) is 0.309. The third kappa shape index (κ3) is 5.20. The van der Waals surface area contributed by atoms with Crippen molar-refractivity contribution in [3.05, 3.63) is 0 Å². The average Bonchev–Trinajstić information content (AvgIpc) is 2.35. The Morgan fingerprint density at radius 1 is 1.00 bits per heavy atom. The third-order valence-corrected chi connectivity index (χ3v) is 2.55. The molecule has 0 aromatic heterocycles. The second-order valence-electron chi connectivity index (χ2n) is 3.81. The molecule has 0 bridgehead atoms. The van der Waals surface area contributed by atoms with Crippen LogP contribution in [-0.4, -0.2) is 68.0 Å². The van der Waals surface area contributed by atoms with E-state index in [4.69, 9.17) is 20.6 Å². The molecule has 0 aliphatic rings. The molecule has 4 N–H and O–H groups in total. The van der Waals surface area contributed by atoms with Gasteiger partial charge in [0.15, 0.2) is 0 Å². The number of nitrogens with zero attached hydrogens (tertiary/aromatic N) is 1. The van der Waals surface area contributed by atoms with E-state index in [-0.39, 0.29) is 6.54 Å². The molecule has 0 aromatic carbocycles. The van der Waals surface area contributed by atoms with Gasteiger partial charge in [0, 0.05) is 0 Å². The first-order valence-electron chi connectivity index (χ1n) is 5.51. The van der Waals surface area contributed by atoms with Crippen molar-refractivity contribution in [1.82, 2.24) is 4.90 Å². The summed E-state index contributed by atoms with van der Waals surface area (Å²) in [6, 6.07) is -3.23. The van der Waals surface area contributed by atoms with E-state index in [0.717, 1.165) is 4.90 Å². The van der Waals surface area contributed by atoms with Crippen LogP contribution in [0, 0.1) is 0 Å². The van der Waals surface area contributed by atoms with Crippen LogP contribution in [0.15, 0.2) is 0 Å². The van der Waals surface area contributed by atoms with Crippen molar-refractivity contribution in [3.8, 4) is 0 Å². The number of carbonyl (C=O) groups is 4. The minimum Gasteiger partial charge on any atom is -0.481 e. The smallest absolute Gasteiger partial charge is 0.359 e. The first kappa shape index (κ1) is 17.8. The first-order chi connectivity index (χ1) is 9.24. The molecule has 0 aromatic rings. The minimum atomic E-state index is -1.62. The molecule has 20 heavy (non-hydrogen) atoms. The van der Waals surface area contributed by atoms with E-state index in [1.807, 2.05) is 0 Å². The number of aliphatic carboxylic acids is 3. The zero-order chi connectivity index (χ0) is 15.9. The van der Waals surface area contributed by atoms with Gasteiger partial charge < -0.3 is 15.3 Å². The van der Waals surface area contributed by atoms with E-state index in [9.17, 15) is 19.2 Å². The molecule has 2 atom stereocenters. The van der Waals surface area contributed by atoms with Gasteiger partial charge in [0.05, 0.1) is 12.8 Å². The van der Waals surface area contributed by atoms with Crippen LogP contribution in [0.2, 0.25) is 0 Å². The number of hydrogen-bond acceptors (Lipinski definition) is 7. The lowest BCUT2D eigenvalue weighted by Crippen LogP contribution is -2.52. The number of likely N-dealkylation sites (N-methyl/N-ethyl adjacent to an activating group) is 1. The highest BCUT2D eigenvalue weighted by Crippen LogP contribution is 2.14. The summed E-state index contributed by atoms with van der Waals surface area (Å²) in [6.07, 6.45) is -1.67. The predicted molar refractivity (Wildman–Crippen MR) is 60.8 cm³/mol. The van der Waals surface area contributed by atoms with Crippen LogP contribution in [0.5, 0.6) is 0 Å². The van der Waals surface area contributed by atoms with Crippen LogP contribution in [-0.2, 0) is 24.1 Å². The second-order valence-corrected chi connectivity index (χ2v) is 3.81. The molecule has 114 valence electrons. The van der Waals surface area contributed by atoms with Crippen LogP contribution >= 0.6 is 0 Å². The molecule has 0 amide bonds. The molecule has 0 aliphatic carbocycles. The van der Waals surface area contributed by atoms with Gasteiger partial charge in [-0.15, -0.1) is 0 Å². The summed E-state index contributed by atoms with van der Waals surface area (Å²) < 4.78 is 0. The Bertz CT molecular complexity index is 394. The predicted octanol–water partition coefficient (Wildman–Crippen LogP) is -0.904. The zero-order valence-electron chi connectivity index (χ0n) is 10.6. The zero-order valence-corrected chi connectivity index (χ0v) is 10.6. The molecular formula is C10H15NO9. The molecule has 0 radical (unpaired) electrons. The van der Waals surface area contributed by atoms with Crippen molar-refractivity contribution >= 4 is 23.9 Å². The fourth-order valence-electron chi connectivity index (χ4n) is 1.73. The lowest BCUT2D eigenvalue weighted by Gasteiger charge is -2.31. The molecule has 10 nitrogen and oxygen atoms in total. The summed E-state index contributed by atoms with van der Waals surface area (Å²) >= 11 is 0. The molecule has 0 heterocycles. The van der Waals surface area contributed by atoms with Gasteiger partial charge in [-0.2, -0.15) is 5.26 Å². The van der Waals surface area contributed by atoms with Gasteiger partial charge in [0.1, 0.15) is 12.1 Å². The molecule has 0 saturated heterocycles. The van der Waals surface area contributed by atoms with Gasteiger partial charge in [0.25, 0.3) is 0 Å². The van der Waals surface area contributed by atoms with E-state index in [0.29, 0.717) is 0 Å². The van der Waals surface area contributed by atoms with E-state index in [1.165, 1.54) is 6.92 Å². The fraction of sp³-hybridized carbons (Fsp3) is 0.600. The minimum absolute atomic E-state index is 0.128. The van der Waals surface area contributed by atoms with Crippen molar-refractivity contribution in [2.45, 2.75) is 31.8 Å². The topological polar surface area (TPSA) is 162 Å². The summed E-state index contributed by atoms with van der Waals surface area (Å²) in [5.74, 6) is -5.76. The number of carbonyl (C=O) groups excluding carboxylic acids is 1. The summed E-state index contributed by atoms with van der Waals surface area (Å²) in [4.78, 5) is 48.0. The van der Waals surface area contributed by atoms with Gasteiger partial charge >= 0.3 is 23.9 Å². The Hall–Kier alpha value is -2.20. The second kappa shape index (κ2) is 8.07. The van der Waals surface area contributed by atoms with Crippen molar-refractivity contribution in [2.24, 2.45) is 0 Å². The van der Waals surface area contributed by atoms with Crippen molar-refractivity contribution in [2.75, 3.05) is 6.54 Å². The molecule has 0 saturated carbocycles. The van der Waals surface area contributed by atoms with Gasteiger partial charge in [-0.25, -0.2) is 4.79 Å². The normalized spacial score (nSPS) is 13.6. The highest BCUT2D eigenvalue weighted by Gasteiger charge is 2.38. The Morgan fingerprint density at radius 3 is 1.75 bits per heavy atom. The maximum Gasteiger partial charge on any atom is 0.359 e. The summed E-state index contributed by atoms with van der Waals surface area (Å²) in [6.45, 7) is 1.29. The van der Waals surface area contributed by atoms with E-state index in [2.05, 4.69) is 4.89 Å². The van der Waals surface area contributed by atoms with Gasteiger partial charge in [-0.05, 0) is 6.54 Å². The lowest BCUT2D eigenvalue weighted by atomic mass is 10.1. The van der Waals surface area contributed by atoms with Crippen LogP contribution in [0.4, 0.5) is 0 Å². The standard InChI is InChI=1S/C10H15NO9/c1-2-11(5(9(16)17)3-7(12)13)6(4-8(14)15)10(18)20-19/h5-6,19H,2-4H2,1H3,(H,12,13)(H,14,15)(H,16,17). The molecule has 0 fully saturated rings. The molecule has 0 aliphatic heterocycles. The molecular weight excluding hydrogens is 278 g/mol. The van der Waals surface area contributed by atoms with Gasteiger partial charge in [-0.3, -0.25) is 24.2 Å². The molecule has 0 rings (SSSR count). The third-order valence-electron chi connectivity index (χ3n) is 2.55. The van der Waals surface area contributed by atoms with Gasteiger partial charge in [0.2, 0.25) is 0 Å². The van der Waals surface area contributed by atoms with Gasteiger partial charge in [-0.1, -0.05) is 6.92 Å². The monoisotopic (exact) mass is 293 g/mol. The maximum absolute atomic E-state index is 11.3. The van der Waals surface area contributed by atoms with Crippen LogP contribution in [0.1, 0.15) is 19.8 Å². The van der Waals surface area contributed by atoms with Crippen molar-refractivity contribution in [1.29, 1.82) is 0 Å². The van der Waals surface area contributed by atoms with E-state index in [1.54, 1.807) is 0 Å². The van der Waals surface area contributed by atoms with Crippen LogP contribution < -0.4 is 0 Å². The summed E-state index contributed by atoms with van der Waals surface area (Å²) in [5, 5.41) is 34.7. The van der Waals surface area contributed by atoms with Crippen molar-refractivity contribution < 1.29 is 44.6 Å². The maximum atomic E-state index is 11.3. The average molecular weight is 293 g/mol. The fourth-order valence-corrected chi connectivity index (χ4v) is 1.73. The number of rotatable bonds is 9. The van der Waals surface area contributed by atoms with Crippen LogP contribution in [0.25, 0.3) is 0 Å². The molecule has 2 unspecified atom stereocenters. The number of carboxylic acid groups (broad SMARTS) is 3. The highest BCUT2D eigenvalue weighted by atomic mass is 17.1. The molecule has 10 heteroatoms. The van der Waals surface area contributed by atoms with E-state index >= 15 is 0 Å².